The third-order valence-corrected chi connectivity index (χ3v) is 4.45. The Kier molecular flexibility index (Phi) is 5.32. The Morgan fingerprint density at radius 3 is 2.50 bits per heavy atom. The van der Waals surface area contributed by atoms with E-state index >= 15 is 0 Å². The molecule has 1 heterocycles. The Morgan fingerprint density at radius 2 is 1.89 bits per heavy atom. The van der Waals surface area contributed by atoms with Crippen LogP contribution in [0.2, 0.25) is 0 Å². The lowest BCUT2D eigenvalue weighted by Crippen LogP contribution is -2.39. The molecule has 1 aliphatic rings. The molecule has 1 fully saturated rings. The van der Waals surface area contributed by atoms with Crippen LogP contribution in [0.5, 0.6) is 0 Å². The summed E-state index contributed by atoms with van der Waals surface area (Å²) in [6.45, 7) is -1.06. The van der Waals surface area contributed by atoms with E-state index in [9.17, 15) is 31.1 Å². The van der Waals surface area contributed by atoms with E-state index in [1.807, 2.05) is 0 Å². The highest BCUT2D eigenvalue weighted by atomic mass is 19.4. The molecule has 1 saturated carbocycles. The highest BCUT2D eigenvalue weighted by Gasteiger charge is 2.47. The Labute approximate surface area is 156 Å². The van der Waals surface area contributed by atoms with Crippen LogP contribution in [0.15, 0.2) is 42.5 Å². The van der Waals surface area contributed by atoms with Crippen molar-refractivity contribution in [2.24, 2.45) is 5.92 Å². The number of pyridine rings is 1. The van der Waals surface area contributed by atoms with Crippen molar-refractivity contribution in [2.45, 2.75) is 31.6 Å². The number of aromatic nitrogens is 1. The van der Waals surface area contributed by atoms with Crippen molar-refractivity contribution in [3.63, 3.8) is 0 Å². The quantitative estimate of drug-likeness (QED) is 0.465. The van der Waals surface area contributed by atoms with Crippen LogP contribution in [0.3, 0.4) is 0 Å². The van der Waals surface area contributed by atoms with E-state index in [0.717, 1.165) is 18.2 Å². The molecule has 0 radical (unpaired) electrons. The van der Waals surface area contributed by atoms with Crippen molar-refractivity contribution in [1.29, 1.82) is 0 Å². The first-order valence-corrected chi connectivity index (χ1v) is 8.42. The van der Waals surface area contributed by atoms with Gasteiger partial charge in [0.25, 0.3) is 0 Å². The Hall–Kier alpha value is -2.64. The first-order valence-electron chi connectivity index (χ1n) is 8.42. The molecule has 0 amide bonds. The van der Waals surface area contributed by atoms with Gasteiger partial charge in [-0.25, -0.2) is 18.2 Å². The summed E-state index contributed by atoms with van der Waals surface area (Å²) in [4.78, 5) is 16.0. The molecule has 1 aromatic heterocycles. The maximum atomic E-state index is 13.0. The maximum Gasteiger partial charge on any atom is 0.416 e. The van der Waals surface area contributed by atoms with Gasteiger partial charge in [0.2, 0.25) is 5.92 Å². The lowest BCUT2D eigenvalue weighted by Gasteiger charge is -2.32. The van der Waals surface area contributed by atoms with Crippen molar-refractivity contribution >= 4 is 11.9 Å². The number of benzene rings is 1. The molecule has 0 aliphatic heterocycles. The Morgan fingerprint density at radius 1 is 1.18 bits per heavy atom. The number of rotatable bonds is 5. The van der Waals surface area contributed by atoms with Crippen LogP contribution in [-0.2, 0) is 17.6 Å². The first kappa shape index (κ1) is 20.1. The van der Waals surface area contributed by atoms with Crippen molar-refractivity contribution in [3.8, 4) is 11.3 Å². The predicted molar refractivity (Wildman–Crippen MR) is 91.2 cm³/mol. The zero-order chi connectivity index (χ0) is 20.5. The normalized spacial score (nSPS) is 16.9. The largest absolute Gasteiger partial charge is 0.416 e. The molecule has 3 rings (SSSR count). The van der Waals surface area contributed by atoms with Gasteiger partial charge in [-0.3, -0.25) is 4.79 Å². The summed E-state index contributed by atoms with van der Waals surface area (Å²) in [5.41, 5.74) is -0.584. The van der Waals surface area contributed by atoms with E-state index in [0.29, 0.717) is 0 Å². The van der Waals surface area contributed by atoms with E-state index < -0.39 is 48.9 Å². The third-order valence-electron chi connectivity index (χ3n) is 4.45. The fourth-order valence-corrected chi connectivity index (χ4v) is 2.95. The summed E-state index contributed by atoms with van der Waals surface area (Å²) in [5, 5.41) is 0. The molecule has 8 heteroatoms. The van der Waals surface area contributed by atoms with E-state index in [-0.39, 0.29) is 22.5 Å². The molecule has 2 aromatic rings. The maximum absolute atomic E-state index is 13.0. The zero-order valence-electron chi connectivity index (χ0n) is 14.4. The zero-order valence-corrected chi connectivity index (χ0v) is 14.4. The van der Waals surface area contributed by atoms with Gasteiger partial charge in [0.15, 0.2) is 5.78 Å². The van der Waals surface area contributed by atoms with E-state index in [1.165, 1.54) is 30.3 Å². The number of ketones is 1. The molecule has 0 N–H and O–H groups in total. The number of allylic oxidation sites excluding steroid dienone is 1. The summed E-state index contributed by atoms with van der Waals surface area (Å²) in [6, 6.07) is 7.39. The van der Waals surface area contributed by atoms with Gasteiger partial charge in [-0.1, -0.05) is 6.07 Å². The van der Waals surface area contributed by atoms with Crippen LogP contribution >= 0.6 is 0 Å². The van der Waals surface area contributed by atoms with Gasteiger partial charge >= 0.3 is 6.18 Å². The van der Waals surface area contributed by atoms with Crippen LogP contribution in [0.1, 0.15) is 29.7 Å². The average molecular weight is 399 g/mol. The third kappa shape index (κ3) is 4.61. The summed E-state index contributed by atoms with van der Waals surface area (Å²) >= 11 is 0. The molecule has 2 nitrogen and oxygen atoms in total. The lowest BCUT2D eigenvalue weighted by molar-refractivity contribution is -0.143. The number of hydrogen-bond donors (Lipinski definition) is 0. The fraction of sp³-hybridized carbons (Fsp3) is 0.300. The molecule has 1 aliphatic carbocycles. The minimum absolute atomic E-state index is 0.0858. The molecular formula is C20H15F6NO. The second-order valence-electron chi connectivity index (χ2n) is 6.69. The highest BCUT2D eigenvalue weighted by Crippen LogP contribution is 2.43. The number of nitrogens with zero attached hydrogens (tertiary/aromatic N) is 1. The standard InChI is InChI=1S/C20H15F6NO/c21-11-12-6-13(8-15(7-12)20(24,25)26)17-3-1-2-16(27-17)4-5-18(28)14-9-19(22,23)10-14/h1-8,14H,9-11H2/b5-4+. The van der Waals surface area contributed by atoms with Gasteiger partial charge in [0.1, 0.15) is 6.67 Å². The van der Waals surface area contributed by atoms with Gasteiger partial charge in [-0.2, -0.15) is 13.2 Å². The minimum Gasteiger partial charge on any atom is -0.295 e. The summed E-state index contributed by atoms with van der Waals surface area (Å²) in [7, 11) is 0. The summed E-state index contributed by atoms with van der Waals surface area (Å²) in [5.74, 6) is -3.98. The summed E-state index contributed by atoms with van der Waals surface area (Å²) < 4.78 is 77.7. The van der Waals surface area contributed by atoms with E-state index in [4.69, 9.17) is 0 Å². The topological polar surface area (TPSA) is 30.0 Å². The van der Waals surface area contributed by atoms with Crippen LogP contribution in [0.4, 0.5) is 26.3 Å². The first-order chi connectivity index (χ1) is 13.1. The van der Waals surface area contributed by atoms with E-state index in [1.54, 1.807) is 0 Å². The molecule has 0 saturated heterocycles. The van der Waals surface area contributed by atoms with Crippen LogP contribution in [-0.4, -0.2) is 16.7 Å². The SMILES string of the molecule is O=C(/C=C/c1cccc(-c2cc(CF)cc(C(F)(F)F)c2)n1)C1CC(F)(F)C1. The molecule has 0 atom stereocenters. The number of alkyl halides is 6. The average Bonchev–Trinajstić information content (AvgIpc) is 2.63. The van der Waals surface area contributed by atoms with Gasteiger partial charge in [0.05, 0.1) is 17.0 Å². The van der Waals surface area contributed by atoms with Gasteiger partial charge in [-0.15, -0.1) is 0 Å². The highest BCUT2D eigenvalue weighted by molar-refractivity contribution is 5.95. The second-order valence-corrected chi connectivity index (χ2v) is 6.69. The number of carbonyl (C=O) groups is 1. The number of hydrogen-bond acceptors (Lipinski definition) is 2. The molecule has 148 valence electrons. The van der Waals surface area contributed by atoms with Crippen LogP contribution < -0.4 is 0 Å². The molecule has 0 bridgehead atoms. The Bertz CT molecular complexity index is 911. The number of halogens is 6. The molecule has 0 unspecified atom stereocenters. The van der Waals surface area contributed by atoms with Gasteiger partial charge < -0.3 is 0 Å². The van der Waals surface area contributed by atoms with Crippen molar-refractivity contribution in [3.05, 3.63) is 59.3 Å². The molecular weight excluding hydrogens is 384 g/mol. The molecule has 0 spiro atoms. The van der Waals surface area contributed by atoms with E-state index in [2.05, 4.69) is 4.98 Å². The van der Waals surface area contributed by atoms with Crippen molar-refractivity contribution in [1.82, 2.24) is 4.98 Å². The van der Waals surface area contributed by atoms with Crippen LogP contribution in [0, 0.1) is 5.92 Å². The fourth-order valence-electron chi connectivity index (χ4n) is 2.95. The summed E-state index contributed by atoms with van der Waals surface area (Å²) in [6.07, 6.45) is -3.13. The van der Waals surface area contributed by atoms with Crippen molar-refractivity contribution in [2.75, 3.05) is 0 Å². The predicted octanol–water partition coefficient (Wildman–Crippen LogP) is 5.86. The second kappa shape index (κ2) is 7.41. The van der Waals surface area contributed by atoms with Gasteiger partial charge in [-0.05, 0) is 48.0 Å². The smallest absolute Gasteiger partial charge is 0.295 e. The lowest BCUT2D eigenvalue weighted by atomic mass is 9.78. The van der Waals surface area contributed by atoms with Gasteiger partial charge in [0, 0.05) is 24.3 Å². The minimum atomic E-state index is -4.63. The molecule has 1 aromatic carbocycles. The van der Waals surface area contributed by atoms with Crippen molar-refractivity contribution < 1.29 is 31.1 Å². The Balaban J connectivity index is 1.84. The monoisotopic (exact) mass is 399 g/mol. The number of carbonyl (C=O) groups excluding carboxylic acids is 1. The van der Waals surface area contributed by atoms with Crippen LogP contribution in [0.25, 0.3) is 17.3 Å². The molecule has 28 heavy (non-hydrogen) atoms.